The van der Waals surface area contributed by atoms with Gasteiger partial charge < -0.3 is 10.7 Å². The number of fused-ring (bicyclic) bond motifs is 1. The Labute approximate surface area is 139 Å². The van der Waals surface area contributed by atoms with Gasteiger partial charge in [-0.1, -0.05) is 30.0 Å². The molecule has 1 saturated carbocycles. The fraction of sp³-hybridized carbons (Fsp3) is 0.438. The Morgan fingerprint density at radius 3 is 2.91 bits per heavy atom. The molecule has 1 aliphatic heterocycles. The highest BCUT2D eigenvalue weighted by Crippen LogP contribution is 2.39. The van der Waals surface area contributed by atoms with E-state index < -0.39 is 0 Å². The van der Waals surface area contributed by atoms with Crippen LogP contribution in [-0.2, 0) is 11.2 Å². The number of hydrogen-bond acceptors (Lipinski definition) is 5. The van der Waals surface area contributed by atoms with E-state index in [1.807, 2.05) is 30.0 Å². The molecule has 1 aromatic heterocycles. The Kier molecular flexibility index (Phi) is 3.52. The van der Waals surface area contributed by atoms with Crippen molar-refractivity contribution in [3.63, 3.8) is 0 Å². The van der Waals surface area contributed by atoms with Crippen molar-refractivity contribution < 1.29 is 4.79 Å². The van der Waals surface area contributed by atoms with Crippen molar-refractivity contribution in [2.24, 2.45) is 0 Å². The maximum atomic E-state index is 12.8. The highest BCUT2D eigenvalue weighted by molar-refractivity contribution is 8.00. The Morgan fingerprint density at radius 1 is 1.35 bits per heavy atom. The lowest BCUT2D eigenvalue weighted by Gasteiger charge is -2.21. The van der Waals surface area contributed by atoms with Crippen LogP contribution in [0.3, 0.4) is 0 Å². The molecule has 1 amide bonds. The van der Waals surface area contributed by atoms with Gasteiger partial charge in [0, 0.05) is 18.2 Å². The third-order valence-corrected chi connectivity index (χ3v) is 5.46. The largest absolute Gasteiger partial charge is 0.336 e. The van der Waals surface area contributed by atoms with E-state index in [0.29, 0.717) is 11.1 Å². The first kappa shape index (κ1) is 14.6. The number of benzene rings is 1. The second kappa shape index (κ2) is 5.56. The summed E-state index contributed by atoms with van der Waals surface area (Å²) in [4.78, 5) is 14.7. The normalized spacial score (nSPS) is 18.0. The molecule has 7 heteroatoms. The lowest BCUT2D eigenvalue weighted by atomic mass is 10.2. The first-order valence-electron chi connectivity index (χ1n) is 7.91. The summed E-state index contributed by atoms with van der Waals surface area (Å²) in [6.07, 6.45) is 3.16. The first-order valence-corrected chi connectivity index (χ1v) is 8.79. The van der Waals surface area contributed by atoms with E-state index in [1.54, 1.807) is 4.68 Å². The summed E-state index contributed by atoms with van der Waals surface area (Å²) in [5.74, 6) is 7.44. The number of nitrogen functional groups attached to an aromatic ring is 1. The average Bonchev–Trinajstić information content (AvgIpc) is 3.21. The molecule has 1 fully saturated rings. The molecule has 0 saturated heterocycles. The molecule has 4 rings (SSSR count). The van der Waals surface area contributed by atoms with Crippen LogP contribution in [0.5, 0.6) is 0 Å². The summed E-state index contributed by atoms with van der Waals surface area (Å²) in [6.45, 7) is 2.64. The number of nitrogens with two attached hydrogens (primary N) is 1. The standard InChI is InChI=1S/C16H19N5OS/c1-10(23-16-19-18-14(21(16)17)12-6-7-12)15(22)20-9-8-11-4-2-3-5-13(11)20/h2-5,10,12H,6-9,17H2,1H3/t10-/m0/s1. The van der Waals surface area contributed by atoms with Gasteiger partial charge in [-0.15, -0.1) is 10.2 Å². The quantitative estimate of drug-likeness (QED) is 0.685. The van der Waals surface area contributed by atoms with Crippen LogP contribution in [0.4, 0.5) is 5.69 Å². The average molecular weight is 329 g/mol. The zero-order chi connectivity index (χ0) is 16.0. The molecule has 2 aromatic rings. The van der Waals surface area contributed by atoms with Crippen LogP contribution in [0.2, 0.25) is 0 Å². The molecule has 23 heavy (non-hydrogen) atoms. The summed E-state index contributed by atoms with van der Waals surface area (Å²) in [5, 5.41) is 8.68. The molecule has 2 N–H and O–H groups in total. The third-order valence-electron chi connectivity index (χ3n) is 4.42. The monoisotopic (exact) mass is 329 g/mol. The zero-order valence-corrected chi connectivity index (χ0v) is 13.8. The van der Waals surface area contributed by atoms with Crippen molar-refractivity contribution in [3.8, 4) is 0 Å². The summed E-state index contributed by atoms with van der Waals surface area (Å²) in [5.41, 5.74) is 2.26. The van der Waals surface area contributed by atoms with Crippen LogP contribution < -0.4 is 10.7 Å². The van der Waals surface area contributed by atoms with Gasteiger partial charge in [-0.25, -0.2) is 4.68 Å². The maximum absolute atomic E-state index is 12.8. The number of hydrogen-bond donors (Lipinski definition) is 1. The molecule has 1 aliphatic carbocycles. The van der Waals surface area contributed by atoms with Gasteiger partial charge in [0.15, 0.2) is 5.82 Å². The van der Waals surface area contributed by atoms with Crippen LogP contribution in [0.25, 0.3) is 0 Å². The summed E-state index contributed by atoms with van der Waals surface area (Å²) < 4.78 is 1.55. The second-order valence-electron chi connectivity index (χ2n) is 6.11. The van der Waals surface area contributed by atoms with E-state index in [4.69, 9.17) is 5.84 Å². The van der Waals surface area contributed by atoms with E-state index in [-0.39, 0.29) is 11.2 Å². The van der Waals surface area contributed by atoms with Gasteiger partial charge in [-0.05, 0) is 37.8 Å². The van der Waals surface area contributed by atoms with Gasteiger partial charge in [0.05, 0.1) is 5.25 Å². The van der Waals surface area contributed by atoms with Crippen molar-refractivity contribution >= 4 is 23.4 Å². The van der Waals surface area contributed by atoms with Crippen molar-refractivity contribution in [1.29, 1.82) is 0 Å². The van der Waals surface area contributed by atoms with Crippen molar-refractivity contribution in [2.75, 3.05) is 17.3 Å². The number of carbonyl (C=O) groups is 1. The fourth-order valence-corrected chi connectivity index (χ4v) is 3.82. The van der Waals surface area contributed by atoms with Gasteiger partial charge in [-0.2, -0.15) is 0 Å². The Morgan fingerprint density at radius 2 is 2.13 bits per heavy atom. The molecular weight excluding hydrogens is 310 g/mol. The van der Waals surface area contributed by atoms with E-state index >= 15 is 0 Å². The fourth-order valence-electron chi connectivity index (χ4n) is 2.98. The minimum Gasteiger partial charge on any atom is -0.336 e. The van der Waals surface area contributed by atoms with E-state index in [2.05, 4.69) is 16.3 Å². The van der Waals surface area contributed by atoms with Crippen LogP contribution in [0.15, 0.2) is 29.4 Å². The van der Waals surface area contributed by atoms with Gasteiger partial charge >= 0.3 is 0 Å². The third kappa shape index (κ3) is 2.59. The SMILES string of the molecule is C[C@H](Sc1nnc(C2CC2)n1N)C(=O)N1CCc2ccccc21. The van der Waals surface area contributed by atoms with E-state index in [0.717, 1.165) is 37.3 Å². The van der Waals surface area contributed by atoms with Gasteiger partial charge in [0.2, 0.25) is 11.1 Å². The molecule has 1 aromatic carbocycles. The lowest BCUT2D eigenvalue weighted by molar-refractivity contribution is -0.117. The molecule has 2 heterocycles. The van der Waals surface area contributed by atoms with Crippen LogP contribution in [0, 0.1) is 0 Å². The maximum Gasteiger partial charge on any atom is 0.240 e. The van der Waals surface area contributed by atoms with Gasteiger partial charge in [0.25, 0.3) is 0 Å². The van der Waals surface area contributed by atoms with Crippen molar-refractivity contribution in [2.45, 2.75) is 42.5 Å². The Balaban J connectivity index is 1.49. The smallest absolute Gasteiger partial charge is 0.240 e. The molecule has 1 atom stereocenters. The summed E-state index contributed by atoms with van der Waals surface area (Å²) >= 11 is 1.38. The molecule has 0 spiro atoms. The van der Waals surface area contributed by atoms with Crippen LogP contribution >= 0.6 is 11.8 Å². The van der Waals surface area contributed by atoms with Gasteiger partial charge in [-0.3, -0.25) is 4.79 Å². The molecule has 0 unspecified atom stereocenters. The molecule has 2 aliphatic rings. The number of rotatable bonds is 4. The molecule has 0 bridgehead atoms. The van der Waals surface area contributed by atoms with E-state index in [1.165, 1.54) is 17.3 Å². The minimum atomic E-state index is -0.250. The minimum absolute atomic E-state index is 0.0934. The number of nitrogens with zero attached hydrogens (tertiary/aromatic N) is 4. The number of amides is 1. The lowest BCUT2D eigenvalue weighted by Crippen LogP contribution is -2.35. The Hall–Kier alpha value is -2.02. The first-order chi connectivity index (χ1) is 11.1. The van der Waals surface area contributed by atoms with Crippen LogP contribution in [0.1, 0.15) is 37.1 Å². The number of aromatic nitrogens is 3. The highest BCUT2D eigenvalue weighted by Gasteiger charge is 2.32. The number of anilines is 1. The van der Waals surface area contributed by atoms with Crippen molar-refractivity contribution in [3.05, 3.63) is 35.7 Å². The summed E-state index contributed by atoms with van der Waals surface area (Å²) in [6, 6.07) is 8.08. The number of carbonyl (C=O) groups excluding carboxylic acids is 1. The second-order valence-corrected chi connectivity index (χ2v) is 7.42. The predicted molar refractivity (Wildman–Crippen MR) is 90.0 cm³/mol. The number of para-hydroxylation sites is 1. The number of thioether (sulfide) groups is 1. The predicted octanol–water partition coefficient (Wildman–Crippen LogP) is 1.94. The van der Waals surface area contributed by atoms with Crippen molar-refractivity contribution in [1.82, 2.24) is 14.9 Å². The zero-order valence-electron chi connectivity index (χ0n) is 13.0. The topological polar surface area (TPSA) is 77.0 Å². The molecule has 120 valence electrons. The molecule has 0 radical (unpaired) electrons. The molecular formula is C16H19N5OS. The van der Waals surface area contributed by atoms with E-state index in [9.17, 15) is 4.79 Å². The summed E-state index contributed by atoms with van der Waals surface area (Å²) in [7, 11) is 0. The Bertz CT molecular complexity index is 755. The van der Waals surface area contributed by atoms with Gasteiger partial charge in [0.1, 0.15) is 0 Å². The highest BCUT2D eigenvalue weighted by atomic mass is 32.2. The van der Waals surface area contributed by atoms with Crippen LogP contribution in [-0.4, -0.2) is 32.6 Å². The molecule has 6 nitrogen and oxygen atoms in total.